The predicted octanol–water partition coefficient (Wildman–Crippen LogP) is 3.61. The average Bonchev–Trinajstić information content (AvgIpc) is 2.46. The van der Waals surface area contributed by atoms with Gasteiger partial charge in [-0.2, -0.15) is 0 Å². The number of carbonyl (C=O) groups is 1. The van der Waals surface area contributed by atoms with Gasteiger partial charge >= 0.3 is 0 Å². The van der Waals surface area contributed by atoms with Crippen LogP contribution in [0.1, 0.15) is 10.4 Å². The van der Waals surface area contributed by atoms with E-state index in [0.717, 1.165) is 0 Å². The largest absolute Gasteiger partial charge is 0.497 e. The fraction of sp³-hybridized carbons (Fsp3) is 0.133. The summed E-state index contributed by atoms with van der Waals surface area (Å²) in [6, 6.07) is 13.8. The molecule has 0 aliphatic rings. The first-order valence-electron chi connectivity index (χ1n) is 5.74. The molecule has 2 aromatic rings. The summed E-state index contributed by atoms with van der Waals surface area (Å²) in [7, 11) is 1.58. The summed E-state index contributed by atoms with van der Waals surface area (Å²) in [6.45, 7) is -0.0190. The number of rotatable bonds is 5. The van der Waals surface area contributed by atoms with E-state index in [9.17, 15) is 4.79 Å². The van der Waals surface area contributed by atoms with E-state index in [1.54, 1.807) is 49.6 Å². The second kappa shape index (κ2) is 6.25. The van der Waals surface area contributed by atoms with E-state index in [-0.39, 0.29) is 12.4 Å². The minimum atomic E-state index is -0.0977. The van der Waals surface area contributed by atoms with Gasteiger partial charge < -0.3 is 9.47 Å². The third-order valence-corrected chi connectivity index (χ3v) is 2.83. The first-order chi connectivity index (χ1) is 9.19. The molecule has 0 saturated heterocycles. The minimum absolute atomic E-state index is 0.0190. The molecule has 0 fully saturated rings. The lowest BCUT2D eigenvalue weighted by Crippen LogP contribution is -2.11. The molecule has 0 radical (unpaired) electrons. The second-order valence-corrected chi connectivity index (χ2v) is 4.33. The number of benzene rings is 2. The van der Waals surface area contributed by atoms with Crippen LogP contribution in [-0.2, 0) is 0 Å². The summed E-state index contributed by atoms with van der Waals surface area (Å²) in [4.78, 5) is 11.9. The van der Waals surface area contributed by atoms with Gasteiger partial charge in [-0.05, 0) is 36.4 Å². The van der Waals surface area contributed by atoms with Crippen LogP contribution in [-0.4, -0.2) is 19.5 Å². The van der Waals surface area contributed by atoms with E-state index in [1.165, 1.54) is 0 Å². The number of ether oxygens (including phenoxy) is 2. The standard InChI is InChI=1S/C15H13ClO3/c1-18-13-3-2-4-14(9-13)19-10-15(17)11-5-7-12(16)8-6-11/h2-9H,10H2,1H3. The molecule has 2 aromatic carbocycles. The molecule has 19 heavy (non-hydrogen) atoms. The van der Waals surface area contributed by atoms with Crippen molar-refractivity contribution in [1.29, 1.82) is 0 Å². The van der Waals surface area contributed by atoms with Crippen LogP contribution in [0.15, 0.2) is 48.5 Å². The first kappa shape index (κ1) is 13.4. The molecule has 0 aliphatic carbocycles. The van der Waals surface area contributed by atoms with Crippen LogP contribution in [0.25, 0.3) is 0 Å². The van der Waals surface area contributed by atoms with Crippen molar-refractivity contribution >= 4 is 17.4 Å². The van der Waals surface area contributed by atoms with Crippen molar-refractivity contribution in [2.24, 2.45) is 0 Å². The van der Waals surface area contributed by atoms with Crippen molar-refractivity contribution in [3.8, 4) is 11.5 Å². The third kappa shape index (κ3) is 3.73. The highest BCUT2D eigenvalue weighted by molar-refractivity contribution is 6.30. The third-order valence-electron chi connectivity index (χ3n) is 2.58. The van der Waals surface area contributed by atoms with Gasteiger partial charge in [-0.25, -0.2) is 0 Å². The van der Waals surface area contributed by atoms with Gasteiger partial charge in [-0.1, -0.05) is 17.7 Å². The number of carbonyl (C=O) groups excluding carboxylic acids is 1. The Labute approximate surface area is 116 Å². The van der Waals surface area contributed by atoms with Gasteiger partial charge in [0.25, 0.3) is 0 Å². The van der Waals surface area contributed by atoms with Crippen LogP contribution in [0.3, 0.4) is 0 Å². The number of halogens is 1. The Morgan fingerprint density at radius 2 is 1.79 bits per heavy atom. The molecule has 0 heterocycles. The molecule has 2 rings (SSSR count). The van der Waals surface area contributed by atoms with Gasteiger partial charge in [0.05, 0.1) is 7.11 Å². The van der Waals surface area contributed by atoms with Crippen LogP contribution < -0.4 is 9.47 Å². The molecule has 0 N–H and O–H groups in total. The lowest BCUT2D eigenvalue weighted by atomic mass is 10.1. The average molecular weight is 277 g/mol. The number of ketones is 1. The number of hydrogen-bond acceptors (Lipinski definition) is 3. The molecule has 0 atom stereocenters. The summed E-state index contributed by atoms with van der Waals surface area (Å²) in [5.74, 6) is 1.19. The van der Waals surface area contributed by atoms with Crippen LogP contribution in [0.5, 0.6) is 11.5 Å². The molecular formula is C15H13ClO3. The number of hydrogen-bond donors (Lipinski definition) is 0. The van der Waals surface area contributed by atoms with E-state index in [0.29, 0.717) is 22.1 Å². The zero-order chi connectivity index (χ0) is 13.7. The van der Waals surface area contributed by atoms with Crippen molar-refractivity contribution < 1.29 is 14.3 Å². The van der Waals surface area contributed by atoms with Gasteiger partial charge in [-0.3, -0.25) is 4.79 Å². The highest BCUT2D eigenvalue weighted by Crippen LogP contribution is 2.19. The fourth-order valence-electron chi connectivity index (χ4n) is 1.56. The van der Waals surface area contributed by atoms with E-state index >= 15 is 0 Å². The Bertz CT molecular complexity index is 564. The normalized spacial score (nSPS) is 10.0. The van der Waals surface area contributed by atoms with Crippen molar-refractivity contribution in [2.45, 2.75) is 0 Å². The minimum Gasteiger partial charge on any atom is -0.497 e. The first-order valence-corrected chi connectivity index (χ1v) is 6.12. The topological polar surface area (TPSA) is 35.5 Å². The molecular weight excluding hydrogens is 264 g/mol. The highest BCUT2D eigenvalue weighted by Gasteiger charge is 2.07. The molecule has 0 spiro atoms. The summed E-state index contributed by atoms with van der Waals surface area (Å²) < 4.78 is 10.5. The quantitative estimate of drug-likeness (QED) is 0.783. The van der Waals surface area contributed by atoms with E-state index in [1.807, 2.05) is 6.07 Å². The van der Waals surface area contributed by atoms with Gasteiger partial charge in [0.15, 0.2) is 12.4 Å². The predicted molar refractivity (Wildman–Crippen MR) is 74.3 cm³/mol. The van der Waals surface area contributed by atoms with Gasteiger partial charge in [0.1, 0.15) is 11.5 Å². The number of methoxy groups -OCH3 is 1. The van der Waals surface area contributed by atoms with Gasteiger partial charge in [-0.15, -0.1) is 0 Å². The SMILES string of the molecule is COc1cccc(OCC(=O)c2ccc(Cl)cc2)c1. The van der Waals surface area contributed by atoms with Crippen molar-refractivity contribution in [1.82, 2.24) is 0 Å². The summed E-state index contributed by atoms with van der Waals surface area (Å²) >= 11 is 5.77. The molecule has 4 heteroatoms. The zero-order valence-electron chi connectivity index (χ0n) is 10.4. The fourth-order valence-corrected chi connectivity index (χ4v) is 1.68. The molecule has 0 amide bonds. The maximum absolute atomic E-state index is 11.9. The Kier molecular flexibility index (Phi) is 4.42. The van der Waals surface area contributed by atoms with Crippen LogP contribution in [0.4, 0.5) is 0 Å². The van der Waals surface area contributed by atoms with Crippen LogP contribution in [0.2, 0.25) is 5.02 Å². The van der Waals surface area contributed by atoms with Crippen LogP contribution >= 0.6 is 11.6 Å². The van der Waals surface area contributed by atoms with Gasteiger partial charge in [0, 0.05) is 16.7 Å². The van der Waals surface area contributed by atoms with E-state index in [4.69, 9.17) is 21.1 Å². The molecule has 0 aromatic heterocycles. The van der Waals surface area contributed by atoms with Crippen molar-refractivity contribution in [3.63, 3.8) is 0 Å². The van der Waals surface area contributed by atoms with Crippen molar-refractivity contribution in [3.05, 3.63) is 59.1 Å². The lowest BCUT2D eigenvalue weighted by molar-refractivity contribution is 0.0921. The second-order valence-electron chi connectivity index (χ2n) is 3.90. The monoisotopic (exact) mass is 276 g/mol. The van der Waals surface area contributed by atoms with Crippen molar-refractivity contribution in [2.75, 3.05) is 13.7 Å². The van der Waals surface area contributed by atoms with E-state index < -0.39 is 0 Å². The highest BCUT2D eigenvalue weighted by atomic mass is 35.5. The molecule has 0 bridgehead atoms. The maximum Gasteiger partial charge on any atom is 0.200 e. The summed E-state index contributed by atoms with van der Waals surface area (Å²) in [6.07, 6.45) is 0. The molecule has 0 aliphatic heterocycles. The van der Waals surface area contributed by atoms with E-state index in [2.05, 4.69) is 0 Å². The molecule has 98 valence electrons. The Balaban J connectivity index is 1.98. The molecule has 3 nitrogen and oxygen atoms in total. The molecule has 0 unspecified atom stereocenters. The zero-order valence-corrected chi connectivity index (χ0v) is 11.2. The summed E-state index contributed by atoms with van der Waals surface area (Å²) in [5, 5.41) is 0.602. The molecule has 0 saturated carbocycles. The van der Waals surface area contributed by atoms with Gasteiger partial charge in [0.2, 0.25) is 0 Å². The lowest BCUT2D eigenvalue weighted by Gasteiger charge is -2.07. The number of Topliss-reactive ketones (excluding diaryl/α,β-unsaturated/α-hetero) is 1. The smallest absolute Gasteiger partial charge is 0.200 e. The Morgan fingerprint density at radius 3 is 2.47 bits per heavy atom. The summed E-state index contributed by atoms with van der Waals surface area (Å²) in [5.41, 5.74) is 0.576. The Hall–Kier alpha value is -2.00. The van der Waals surface area contributed by atoms with Crippen LogP contribution in [0, 0.1) is 0 Å². The maximum atomic E-state index is 11.9. The Morgan fingerprint density at radius 1 is 1.11 bits per heavy atom.